The second kappa shape index (κ2) is 3.16. The third-order valence-corrected chi connectivity index (χ3v) is 3.14. The zero-order chi connectivity index (χ0) is 9.31. The molecule has 0 amide bonds. The number of hydrogen-bond donors (Lipinski definition) is 1. The van der Waals surface area contributed by atoms with Crippen molar-refractivity contribution in [2.75, 3.05) is 5.75 Å². The molecule has 2 rings (SSSR count). The van der Waals surface area contributed by atoms with Gasteiger partial charge in [-0.2, -0.15) is 0 Å². The molecule has 13 heavy (non-hydrogen) atoms. The summed E-state index contributed by atoms with van der Waals surface area (Å²) in [5, 5.41) is 10.6. The van der Waals surface area contributed by atoms with Gasteiger partial charge in [-0.3, -0.25) is 0 Å². The molecule has 1 N–H and O–H groups in total. The van der Waals surface area contributed by atoms with Crippen LogP contribution in [0.5, 0.6) is 0 Å². The number of rotatable bonds is 1. The van der Waals surface area contributed by atoms with E-state index in [1.165, 1.54) is 0 Å². The van der Waals surface area contributed by atoms with Crippen LogP contribution in [-0.2, 0) is 0 Å². The van der Waals surface area contributed by atoms with Crippen molar-refractivity contribution in [2.45, 2.75) is 12.6 Å². The van der Waals surface area contributed by atoms with Crippen LogP contribution in [0.25, 0.3) is 0 Å². The third-order valence-electron chi connectivity index (χ3n) is 1.85. The van der Waals surface area contributed by atoms with Crippen molar-refractivity contribution in [1.29, 1.82) is 0 Å². The molecule has 0 bridgehead atoms. The van der Waals surface area contributed by atoms with Crippen molar-refractivity contribution in [3.8, 4) is 0 Å². The molecule has 0 spiro atoms. The SMILES string of the molecule is CC1(O)CSC(c2ccccc2)=N1. The predicted octanol–water partition coefficient (Wildman–Crippen LogP) is 1.89. The van der Waals surface area contributed by atoms with Crippen molar-refractivity contribution >= 4 is 16.8 Å². The summed E-state index contributed by atoms with van der Waals surface area (Å²) in [6.45, 7) is 1.73. The zero-order valence-corrected chi connectivity index (χ0v) is 8.21. The van der Waals surface area contributed by atoms with Gasteiger partial charge in [0.1, 0.15) is 5.04 Å². The molecule has 1 atom stereocenters. The van der Waals surface area contributed by atoms with Gasteiger partial charge >= 0.3 is 0 Å². The zero-order valence-electron chi connectivity index (χ0n) is 7.40. The Hall–Kier alpha value is -0.800. The first-order valence-corrected chi connectivity index (χ1v) is 5.16. The fourth-order valence-corrected chi connectivity index (χ4v) is 2.26. The molecule has 2 nitrogen and oxygen atoms in total. The van der Waals surface area contributed by atoms with Gasteiger partial charge in [0.25, 0.3) is 0 Å². The van der Waals surface area contributed by atoms with Crippen molar-refractivity contribution < 1.29 is 5.11 Å². The van der Waals surface area contributed by atoms with Gasteiger partial charge in [0, 0.05) is 11.3 Å². The van der Waals surface area contributed by atoms with E-state index in [1.54, 1.807) is 18.7 Å². The van der Waals surface area contributed by atoms with Gasteiger partial charge in [0.2, 0.25) is 0 Å². The number of aliphatic hydroxyl groups is 1. The highest BCUT2D eigenvalue weighted by molar-refractivity contribution is 8.14. The van der Waals surface area contributed by atoms with Crippen molar-refractivity contribution in [1.82, 2.24) is 0 Å². The Kier molecular flexibility index (Phi) is 2.14. The molecule has 0 radical (unpaired) electrons. The molecular formula is C10H11NOS. The largest absolute Gasteiger partial charge is 0.369 e. The summed E-state index contributed by atoms with van der Waals surface area (Å²) in [5.74, 6) is 0.650. The van der Waals surface area contributed by atoms with E-state index in [-0.39, 0.29) is 0 Å². The summed E-state index contributed by atoms with van der Waals surface area (Å²) in [4.78, 5) is 4.23. The van der Waals surface area contributed by atoms with Crippen LogP contribution in [0.3, 0.4) is 0 Å². The maximum atomic E-state index is 9.62. The van der Waals surface area contributed by atoms with Crippen LogP contribution < -0.4 is 0 Å². The molecule has 0 aliphatic carbocycles. The van der Waals surface area contributed by atoms with E-state index >= 15 is 0 Å². The van der Waals surface area contributed by atoms with Gasteiger partial charge in [-0.05, 0) is 6.92 Å². The van der Waals surface area contributed by atoms with Crippen LogP contribution in [0.1, 0.15) is 12.5 Å². The molecule has 1 aliphatic rings. The Balaban J connectivity index is 2.30. The molecule has 1 aromatic carbocycles. The summed E-state index contributed by atoms with van der Waals surface area (Å²) in [5.41, 5.74) is 0.209. The van der Waals surface area contributed by atoms with Gasteiger partial charge in [-0.1, -0.05) is 30.3 Å². The van der Waals surface area contributed by atoms with E-state index in [0.717, 1.165) is 10.6 Å². The minimum atomic E-state index is -0.879. The monoisotopic (exact) mass is 193 g/mol. The second-order valence-electron chi connectivity index (χ2n) is 3.29. The quantitative estimate of drug-likeness (QED) is 0.738. The van der Waals surface area contributed by atoms with E-state index in [2.05, 4.69) is 4.99 Å². The number of nitrogens with zero attached hydrogens (tertiary/aromatic N) is 1. The molecule has 1 unspecified atom stereocenters. The van der Waals surface area contributed by atoms with Gasteiger partial charge in [0.15, 0.2) is 5.72 Å². The lowest BCUT2D eigenvalue weighted by Gasteiger charge is -2.08. The van der Waals surface area contributed by atoms with E-state index in [9.17, 15) is 5.11 Å². The van der Waals surface area contributed by atoms with Crippen LogP contribution in [0.2, 0.25) is 0 Å². The molecule has 1 aliphatic heterocycles. The Bertz CT molecular complexity index is 332. The number of thioether (sulfide) groups is 1. The first-order valence-electron chi connectivity index (χ1n) is 4.18. The highest BCUT2D eigenvalue weighted by atomic mass is 32.2. The maximum Gasteiger partial charge on any atom is 0.163 e. The summed E-state index contributed by atoms with van der Waals surface area (Å²) >= 11 is 1.60. The van der Waals surface area contributed by atoms with Crippen LogP contribution in [0.15, 0.2) is 35.3 Å². The van der Waals surface area contributed by atoms with Crippen LogP contribution in [0.4, 0.5) is 0 Å². The minimum Gasteiger partial charge on any atom is -0.369 e. The molecule has 68 valence electrons. The fourth-order valence-electron chi connectivity index (χ4n) is 1.22. The Labute approximate surface area is 81.7 Å². The van der Waals surface area contributed by atoms with E-state index in [1.807, 2.05) is 30.3 Å². The highest BCUT2D eigenvalue weighted by Gasteiger charge is 2.27. The molecule has 0 aromatic heterocycles. The third kappa shape index (κ3) is 1.92. The van der Waals surface area contributed by atoms with E-state index in [4.69, 9.17) is 0 Å². The average molecular weight is 193 g/mol. The van der Waals surface area contributed by atoms with Gasteiger partial charge in [-0.25, -0.2) is 4.99 Å². The van der Waals surface area contributed by atoms with Gasteiger partial charge in [-0.15, -0.1) is 11.8 Å². The number of aliphatic imine (C=N–C) groups is 1. The summed E-state index contributed by atoms with van der Waals surface area (Å²) < 4.78 is 0. The average Bonchev–Trinajstić information content (AvgIpc) is 2.48. The van der Waals surface area contributed by atoms with Crippen LogP contribution in [0, 0.1) is 0 Å². The first kappa shape index (κ1) is 8.78. The minimum absolute atomic E-state index is 0.650. The standard InChI is InChI=1S/C10H11NOS/c1-10(12)7-13-9(11-10)8-5-3-2-4-6-8/h2-6,12H,7H2,1H3. The lowest BCUT2D eigenvalue weighted by molar-refractivity contribution is 0.0989. The van der Waals surface area contributed by atoms with Crippen LogP contribution >= 0.6 is 11.8 Å². The molecule has 1 aromatic rings. The first-order chi connectivity index (χ1) is 6.17. The molecule has 0 fully saturated rings. The van der Waals surface area contributed by atoms with E-state index < -0.39 is 5.72 Å². The highest BCUT2D eigenvalue weighted by Crippen LogP contribution is 2.28. The summed E-state index contributed by atoms with van der Waals surface area (Å²) in [6, 6.07) is 9.94. The lowest BCUT2D eigenvalue weighted by atomic mass is 10.2. The molecule has 0 saturated heterocycles. The number of benzene rings is 1. The smallest absolute Gasteiger partial charge is 0.163 e. The summed E-state index contributed by atoms with van der Waals surface area (Å²) in [6.07, 6.45) is 0. The van der Waals surface area contributed by atoms with Gasteiger partial charge in [0.05, 0.1) is 0 Å². The Morgan fingerprint density at radius 3 is 2.62 bits per heavy atom. The molecule has 1 heterocycles. The van der Waals surface area contributed by atoms with Gasteiger partial charge < -0.3 is 5.11 Å². The normalized spacial score (nSPS) is 27.4. The van der Waals surface area contributed by atoms with Crippen molar-refractivity contribution in [2.24, 2.45) is 4.99 Å². The lowest BCUT2D eigenvalue weighted by Crippen LogP contribution is -2.19. The predicted molar refractivity (Wildman–Crippen MR) is 56.1 cm³/mol. The maximum absolute atomic E-state index is 9.62. The second-order valence-corrected chi connectivity index (χ2v) is 4.25. The van der Waals surface area contributed by atoms with E-state index in [0.29, 0.717) is 5.75 Å². The summed E-state index contributed by atoms with van der Waals surface area (Å²) in [7, 11) is 0. The van der Waals surface area contributed by atoms with Crippen LogP contribution in [-0.4, -0.2) is 21.6 Å². The van der Waals surface area contributed by atoms with Crippen molar-refractivity contribution in [3.63, 3.8) is 0 Å². The number of hydrogen-bond acceptors (Lipinski definition) is 3. The Morgan fingerprint density at radius 2 is 2.08 bits per heavy atom. The molecular weight excluding hydrogens is 182 g/mol. The van der Waals surface area contributed by atoms with Crippen molar-refractivity contribution in [3.05, 3.63) is 35.9 Å². The molecule has 0 saturated carbocycles. The topological polar surface area (TPSA) is 32.6 Å². The fraction of sp³-hybridized carbons (Fsp3) is 0.300. The Morgan fingerprint density at radius 1 is 1.38 bits per heavy atom. The molecule has 3 heteroatoms.